The van der Waals surface area contributed by atoms with E-state index in [2.05, 4.69) is 10.1 Å². The molecule has 12 heteroatoms. The second-order valence-electron chi connectivity index (χ2n) is 8.68. The van der Waals surface area contributed by atoms with E-state index in [-0.39, 0.29) is 23.1 Å². The predicted octanol–water partition coefficient (Wildman–Crippen LogP) is 3.23. The maximum Gasteiger partial charge on any atom is 0.332 e. The van der Waals surface area contributed by atoms with Gasteiger partial charge in [0.25, 0.3) is 11.5 Å². The molecule has 0 spiro atoms. The van der Waals surface area contributed by atoms with Crippen LogP contribution in [0.25, 0.3) is 17.2 Å². The van der Waals surface area contributed by atoms with Crippen LogP contribution in [-0.2, 0) is 25.9 Å². The van der Waals surface area contributed by atoms with Crippen molar-refractivity contribution in [2.45, 2.75) is 6.92 Å². The number of benzene rings is 2. The molecule has 0 unspecified atom stereocenters. The lowest BCUT2D eigenvalue weighted by atomic mass is 10.1. The molecule has 0 saturated heterocycles. The van der Waals surface area contributed by atoms with Gasteiger partial charge in [-0.3, -0.25) is 23.3 Å². The second-order valence-corrected chi connectivity index (χ2v) is 9.12. The normalized spacial score (nSPS) is 14.5. The molecule has 1 aliphatic heterocycles. The molecule has 38 heavy (non-hydrogen) atoms. The van der Waals surface area contributed by atoms with Gasteiger partial charge < -0.3 is 9.47 Å². The van der Waals surface area contributed by atoms with Crippen molar-refractivity contribution in [3.8, 4) is 17.5 Å². The number of hydrogen-bond acceptors (Lipinski definition) is 7. The Morgan fingerprint density at radius 1 is 0.947 bits per heavy atom. The molecular weight excluding hydrogens is 512 g/mol. The molecule has 0 bridgehead atoms. The fourth-order valence-corrected chi connectivity index (χ4v) is 4.36. The molecular formula is C26H23ClN6O5. The van der Waals surface area contributed by atoms with Gasteiger partial charge in [-0.25, -0.2) is 4.79 Å². The zero-order chi connectivity index (χ0) is 27.3. The van der Waals surface area contributed by atoms with Crippen molar-refractivity contribution >= 4 is 46.1 Å². The number of aryl methyl sites for hydroxylation is 2. The van der Waals surface area contributed by atoms with Gasteiger partial charge in [0.05, 0.1) is 24.1 Å². The lowest BCUT2D eigenvalue weighted by molar-refractivity contribution is -0.114. The third kappa shape index (κ3) is 4.06. The number of ether oxygens (including phenoxy) is 2. The summed E-state index contributed by atoms with van der Waals surface area (Å²) in [6.45, 7) is 1.76. The smallest absolute Gasteiger partial charge is 0.332 e. The molecule has 1 amide bonds. The molecule has 2 aromatic heterocycles. The van der Waals surface area contributed by atoms with Gasteiger partial charge in [0.15, 0.2) is 22.7 Å². The Bertz CT molecular complexity index is 1810. The Labute approximate surface area is 221 Å². The van der Waals surface area contributed by atoms with E-state index in [0.717, 1.165) is 4.57 Å². The van der Waals surface area contributed by atoms with Crippen LogP contribution in [0, 0.1) is 0 Å². The fraction of sp³-hybridized carbons (Fsp3) is 0.192. The number of aromatic nitrogens is 4. The van der Waals surface area contributed by atoms with E-state index in [1.54, 1.807) is 62.5 Å². The number of imidazole rings is 1. The first kappa shape index (κ1) is 25.0. The number of halogens is 1. The Kier molecular flexibility index (Phi) is 6.15. The van der Waals surface area contributed by atoms with Crippen LogP contribution < -0.4 is 25.7 Å². The number of hydrazone groups is 1. The zero-order valence-electron chi connectivity index (χ0n) is 21.2. The van der Waals surface area contributed by atoms with Gasteiger partial charge in [-0.2, -0.15) is 15.1 Å². The highest BCUT2D eigenvalue weighted by Crippen LogP contribution is 2.34. The average molecular weight is 535 g/mol. The number of fused-ring (bicyclic) bond motifs is 1. The topological polar surface area (TPSA) is 113 Å². The van der Waals surface area contributed by atoms with Gasteiger partial charge in [-0.05, 0) is 48.9 Å². The van der Waals surface area contributed by atoms with Crippen molar-refractivity contribution in [2.75, 3.05) is 12.1 Å². The first-order valence-electron chi connectivity index (χ1n) is 11.5. The first-order chi connectivity index (χ1) is 18.1. The van der Waals surface area contributed by atoms with E-state index in [0.29, 0.717) is 39.1 Å². The molecule has 0 aliphatic carbocycles. The van der Waals surface area contributed by atoms with E-state index in [4.69, 9.17) is 21.1 Å². The lowest BCUT2D eigenvalue weighted by Crippen LogP contribution is -2.37. The fourth-order valence-electron chi connectivity index (χ4n) is 4.18. The minimum Gasteiger partial charge on any atom is -0.493 e. The molecule has 0 atom stereocenters. The number of nitrogens with zero attached hydrogens (tertiary/aromatic N) is 6. The number of rotatable bonds is 5. The summed E-state index contributed by atoms with van der Waals surface area (Å²) in [4.78, 5) is 42.4. The van der Waals surface area contributed by atoms with Crippen molar-refractivity contribution in [3.05, 3.63) is 79.5 Å². The van der Waals surface area contributed by atoms with E-state index in [9.17, 15) is 14.4 Å². The number of amides is 1. The van der Waals surface area contributed by atoms with Crippen LogP contribution in [0.2, 0.25) is 5.02 Å². The van der Waals surface area contributed by atoms with Gasteiger partial charge in [0.1, 0.15) is 0 Å². The average Bonchev–Trinajstić information content (AvgIpc) is 3.38. The number of methoxy groups -OCH3 is 1. The lowest BCUT2D eigenvalue weighted by Gasteiger charge is -2.12. The van der Waals surface area contributed by atoms with Crippen LogP contribution in [0.3, 0.4) is 0 Å². The summed E-state index contributed by atoms with van der Waals surface area (Å²) in [5.74, 6) is 0.425. The van der Waals surface area contributed by atoms with E-state index in [1.165, 1.54) is 35.3 Å². The molecule has 0 fully saturated rings. The largest absolute Gasteiger partial charge is 0.493 e. The summed E-state index contributed by atoms with van der Waals surface area (Å²) in [5, 5.41) is 6.20. The van der Waals surface area contributed by atoms with Crippen molar-refractivity contribution in [2.24, 2.45) is 26.2 Å². The quantitative estimate of drug-likeness (QED) is 0.363. The van der Waals surface area contributed by atoms with Crippen LogP contribution in [0.1, 0.15) is 12.5 Å². The highest BCUT2D eigenvalue weighted by Gasteiger charge is 2.29. The first-order valence-corrected chi connectivity index (χ1v) is 11.8. The van der Waals surface area contributed by atoms with Crippen LogP contribution >= 0.6 is 11.6 Å². The van der Waals surface area contributed by atoms with Gasteiger partial charge in [0, 0.05) is 26.2 Å². The zero-order valence-corrected chi connectivity index (χ0v) is 22.0. The van der Waals surface area contributed by atoms with Gasteiger partial charge in [-0.1, -0.05) is 23.7 Å². The van der Waals surface area contributed by atoms with Crippen LogP contribution in [-0.4, -0.2) is 37.4 Å². The number of hydrogen-bond donors (Lipinski definition) is 0. The Morgan fingerprint density at radius 2 is 1.71 bits per heavy atom. The van der Waals surface area contributed by atoms with E-state index in [1.807, 2.05) is 0 Å². The van der Waals surface area contributed by atoms with Crippen molar-refractivity contribution < 1.29 is 14.3 Å². The monoisotopic (exact) mass is 534 g/mol. The summed E-state index contributed by atoms with van der Waals surface area (Å²) in [6, 6.07) is 12.1. The molecule has 0 N–H and O–H groups in total. The Hall–Kier alpha value is -4.64. The summed E-state index contributed by atoms with van der Waals surface area (Å²) in [7, 11) is 6.06. The van der Waals surface area contributed by atoms with Crippen LogP contribution in [0.15, 0.2) is 62.7 Å². The van der Waals surface area contributed by atoms with Gasteiger partial charge >= 0.3 is 11.7 Å². The molecule has 2 aromatic carbocycles. The van der Waals surface area contributed by atoms with Gasteiger partial charge in [-0.15, -0.1) is 0 Å². The molecule has 194 valence electrons. The van der Waals surface area contributed by atoms with Crippen molar-refractivity contribution in [1.29, 1.82) is 0 Å². The summed E-state index contributed by atoms with van der Waals surface area (Å²) in [5.41, 5.74) is 1.69. The molecule has 4 aromatic rings. The predicted molar refractivity (Wildman–Crippen MR) is 144 cm³/mol. The molecule has 1 aliphatic rings. The summed E-state index contributed by atoms with van der Waals surface area (Å²) in [6.07, 6.45) is 1.71. The highest BCUT2D eigenvalue weighted by molar-refractivity contribution is 6.33. The number of carbonyl (C=O) groups excluding carboxylic acids is 1. The van der Waals surface area contributed by atoms with Crippen LogP contribution in [0.5, 0.6) is 17.5 Å². The van der Waals surface area contributed by atoms with Crippen LogP contribution in [0.4, 0.5) is 5.69 Å². The Balaban J connectivity index is 1.48. The third-order valence-corrected chi connectivity index (χ3v) is 6.48. The molecule has 11 nitrogen and oxygen atoms in total. The second kappa shape index (κ2) is 9.34. The maximum absolute atomic E-state index is 13.1. The Morgan fingerprint density at radius 3 is 2.42 bits per heavy atom. The third-order valence-electron chi connectivity index (χ3n) is 6.25. The van der Waals surface area contributed by atoms with E-state index >= 15 is 0 Å². The van der Waals surface area contributed by atoms with Crippen molar-refractivity contribution in [1.82, 2.24) is 18.7 Å². The molecule has 5 rings (SSSR count). The highest BCUT2D eigenvalue weighted by atomic mass is 35.5. The molecule has 3 heterocycles. The maximum atomic E-state index is 13.1. The van der Waals surface area contributed by atoms with E-state index < -0.39 is 11.2 Å². The number of carbonyl (C=O) groups is 1. The number of anilines is 1. The summed E-state index contributed by atoms with van der Waals surface area (Å²) >= 11 is 6.08. The van der Waals surface area contributed by atoms with Crippen molar-refractivity contribution in [3.63, 3.8) is 0 Å². The minimum absolute atomic E-state index is 0.105. The van der Waals surface area contributed by atoms with Gasteiger partial charge in [0.2, 0.25) is 0 Å². The molecule has 0 saturated carbocycles. The SMILES string of the molecule is COc1cc(C=C2C(=O)N(c3cccc(Cl)c3)N=C2C)ccc1Oc1nc2c(c(=O)n(C)c(=O)n2C)n1C. The molecule has 0 radical (unpaired) electrons. The standard InChI is InChI=1S/C26H23ClN6O5/c1-14-18(23(34)33(29-14)17-8-6-7-16(27)13-17)11-15-9-10-19(20(12-15)37-5)38-25-28-22-21(30(25)2)24(35)32(4)26(36)31(22)3/h6-13H,1-5H3. The minimum atomic E-state index is -0.489. The summed E-state index contributed by atoms with van der Waals surface area (Å²) < 4.78 is 15.3.